The van der Waals surface area contributed by atoms with Gasteiger partial charge in [0.25, 0.3) is 5.91 Å². The van der Waals surface area contributed by atoms with Gasteiger partial charge in [-0.1, -0.05) is 49.4 Å². The molecule has 1 amide bonds. The van der Waals surface area contributed by atoms with Crippen molar-refractivity contribution in [1.29, 1.82) is 0 Å². The molecule has 0 atom stereocenters. The molecule has 0 saturated heterocycles. The van der Waals surface area contributed by atoms with E-state index in [0.29, 0.717) is 18.7 Å². The fourth-order valence-electron chi connectivity index (χ4n) is 3.11. The summed E-state index contributed by atoms with van der Waals surface area (Å²) in [7, 11) is 1.65. The van der Waals surface area contributed by atoms with E-state index in [1.165, 1.54) is 5.56 Å². The number of amides is 1. The first-order chi connectivity index (χ1) is 13.2. The highest BCUT2D eigenvalue weighted by molar-refractivity contribution is 5.95. The Bertz CT molecular complexity index is 888. The van der Waals surface area contributed by atoms with Crippen molar-refractivity contribution in [3.8, 4) is 5.75 Å². The van der Waals surface area contributed by atoms with Gasteiger partial charge in [-0.15, -0.1) is 0 Å². The van der Waals surface area contributed by atoms with Gasteiger partial charge in [-0.3, -0.25) is 9.48 Å². The Labute approximate surface area is 160 Å². The summed E-state index contributed by atoms with van der Waals surface area (Å²) in [6, 6.07) is 18.0. The summed E-state index contributed by atoms with van der Waals surface area (Å²) in [4.78, 5) is 12.6. The zero-order valence-electron chi connectivity index (χ0n) is 15.8. The monoisotopic (exact) mass is 363 g/mol. The van der Waals surface area contributed by atoms with Gasteiger partial charge >= 0.3 is 0 Å². The molecule has 0 aliphatic heterocycles. The number of carbonyl (C=O) groups is 1. The number of benzene rings is 2. The lowest BCUT2D eigenvalue weighted by molar-refractivity contribution is 0.0953. The number of hydrogen-bond acceptors (Lipinski definition) is 3. The molecule has 27 heavy (non-hydrogen) atoms. The average molecular weight is 363 g/mol. The predicted octanol–water partition coefficient (Wildman–Crippen LogP) is 3.47. The molecule has 0 saturated carbocycles. The largest absolute Gasteiger partial charge is 0.497 e. The van der Waals surface area contributed by atoms with Crippen molar-refractivity contribution in [2.45, 2.75) is 26.3 Å². The third-order valence-corrected chi connectivity index (χ3v) is 4.54. The van der Waals surface area contributed by atoms with E-state index in [1.54, 1.807) is 13.3 Å². The maximum atomic E-state index is 12.6. The van der Waals surface area contributed by atoms with Crippen molar-refractivity contribution >= 4 is 5.91 Å². The first-order valence-electron chi connectivity index (χ1n) is 9.21. The molecule has 140 valence electrons. The van der Waals surface area contributed by atoms with Crippen molar-refractivity contribution < 1.29 is 9.53 Å². The van der Waals surface area contributed by atoms with E-state index in [-0.39, 0.29) is 5.91 Å². The molecule has 0 radical (unpaired) electrons. The van der Waals surface area contributed by atoms with Crippen molar-refractivity contribution in [1.82, 2.24) is 15.1 Å². The molecular formula is C22H25N3O2. The number of rotatable bonds is 8. The van der Waals surface area contributed by atoms with E-state index in [9.17, 15) is 4.79 Å². The molecule has 5 heteroatoms. The van der Waals surface area contributed by atoms with Gasteiger partial charge < -0.3 is 10.1 Å². The van der Waals surface area contributed by atoms with Gasteiger partial charge in [-0.2, -0.15) is 5.10 Å². The summed E-state index contributed by atoms with van der Waals surface area (Å²) in [5.74, 6) is 0.753. The zero-order valence-corrected chi connectivity index (χ0v) is 15.8. The Balaban J connectivity index is 1.62. The lowest BCUT2D eigenvalue weighted by Crippen LogP contribution is -2.26. The summed E-state index contributed by atoms with van der Waals surface area (Å²) in [6.45, 7) is 3.28. The van der Waals surface area contributed by atoms with Crippen LogP contribution in [-0.4, -0.2) is 29.3 Å². The molecule has 0 aliphatic carbocycles. The van der Waals surface area contributed by atoms with E-state index in [2.05, 4.69) is 22.5 Å². The van der Waals surface area contributed by atoms with Crippen LogP contribution in [0.2, 0.25) is 0 Å². The SMILES string of the molecule is CCc1c(C(=O)NCCc2cccc(OC)c2)cnn1Cc1ccccc1. The van der Waals surface area contributed by atoms with Crippen LogP contribution in [0.3, 0.4) is 0 Å². The quantitative estimate of drug-likeness (QED) is 0.667. The van der Waals surface area contributed by atoms with E-state index < -0.39 is 0 Å². The van der Waals surface area contributed by atoms with Crippen LogP contribution in [0.4, 0.5) is 0 Å². The smallest absolute Gasteiger partial charge is 0.254 e. The van der Waals surface area contributed by atoms with E-state index in [0.717, 1.165) is 29.8 Å². The molecule has 0 aliphatic rings. The molecule has 3 aromatic rings. The minimum Gasteiger partial charge on any atom is -0.497 e. The first kappa shape index (κ1) is 18.7. The minimum absolute atomic E-state index is 0.0749. The van der Waals surface area contributed by atoms with Crippen molar-refractivity contribution in [2.24, 2.45) is 0 Å². The second-order valence-corrected chi connectivity index (χ2v) is 6.36. The normalized spacial score (nSPS) is 10.6. The second-order valence-electron chi connectivity index (χ2n) is 6.36. The highest BCUT2D eigenvalue weighted by Crippen LogP contribution is 2.14. The number of nitrogens with one attached hydrogen (secondary N) is 1. The fourth-order valence-corrected chi connectivity index (χ4v) is 3.11. The maximum Gasteiger partial charge on any atom is 0.254 e. The standard InChI is InChI=1S/C22H25N3O2/c1-3-21-20(15-24-25(21)16-18-8-5-4-6-9-18)22(26)23-13-12-17-10-7-11-19(14-17)27-2/h4-11,14-15H,3,12-13,16H2,1-2H3,(H,23,26). The molecular weight excluding hydrogens is 338 g/mol. The van der Waals surface area contributed by atoms with Gasteiger partial charge in [-0.25, -0.2) is 0 Å². The van der Waals surface area contributed by atoms with Gasteiger partial charge in [-0.05, 0) is 36.1 Å². The Morgan fingerprint density at radius 2 is 1.89 bits per heavy atom. The molecule has 0 spiro atoms. The topological polar surface area (TPSA) is 56.1 Å². The Morgan fingerprint density at radius 1 is 1.11 bits per heavy atom. The van der Waals surface area contributed by atoms with Crippen molar-refractivity contribution in [2.75, 3.05) is 13.7 Å². The van der Waals surface area contributed by atoms with Crippen LogP contribution in [0, 0.1) is 0 Å². The van der Waals surface area contributed by atoms with Crippen LogP contribution < -0.4 is 10.1 Å². The fraction of sp³-hybridized carbons (Fsp3) is 0.273. The average Bonchev–Trinajstić information content (AvgIpc) is 3.11. The minimum atomic E-state index is -0.0749. The Morgan fingerprint density at radius 3 is 2.63 bits per heavy atom. The highest BCUT2D eigenvalue weighted by Gasteiger charge is 2.16. The molecule has 2 aromatic carbocycles. The molecule has 0 bridgehead atoms. The van der Waals surface area contributed by atoms with E-state index in [4.69, 9.17) is 4.74 Å². The van der Waals surface area contributed by atoms with Crippen molar-refractivity contribution in [3.05, 3.63) is 83.2 Å². The van der Waals surface area contributed by atoms with Crippen LogP contribution >= 0.6 is 0 Å². The molecule has 3 rings (SSSR count). The Kier molecular flexibility index (Phi) is 6.26. The van der Waals surface area contributed by atoms with Gasteiger partial charge in [0.15, 0.2) is 0 Å². The number of ether oxygens (including phenoxy) is 1. The lowest BCUT2D eigenvalue weighted by atomic mass is 10.1. The van der Waals surface area contributed by atoms with Gasteiger partial charge in [0.1, 0.15) is 5.75 Å². The van der Waals surface area contributed by atoms with E-state index in [1.807, 2.05) is 54.1 Å². The van der Waals surface area contributed by atoms with Crippen LogP contribution in [0.25, 0.3) is 0 Å². The maximum absolute atomic E-state index is 12.6. The summed E-state index contributed by atoms with van der Waals surface area (Å²) >= 11 is 0. The molecule has 0 unspecified atom stereocenters. The number of aromatic nitrogens is 2. The van der Waals surface area contributed by atoms with Crippen molar-refractivity contribution in [3.63, 3.8) is 0 Å². The van der Waals surface area contributed by atoms with E-state index >= 15 is 0 Å². The number of nitrogens with zero attached hydrogens (tertiary/aromatic N) is 2. The molecule has 1 heterocycles. The summed E-state index contributed by atoms with van der Waals surface area (Å²) in [6.07, 6.45) is 3.18. The number of carbonyl (C=O) groups excluding carboxylic acids is 1. The lowest BCUT2D eigenvalue weighted by Gasteiger charge is -2.09. The number of hydrogen-bond donors (Lipinski definition) is 1. The van der Waals surface area contributed by atoms with Crippen LogP contribution in [-0.2, 0) is 19.4 Å². The summed E-state index contributed by atoms with van der Waals surface area (Å²) in [5, 5.41) is 7.44. The Hall–Kier alpha value is -3.08. The molecule has 0 fully saturated rings. The summed E-state index contributed by atoms with van der Waals surface area (Å²) in [5.41, 5.74) is 3.90. The van der Waals surface area contributed by atoms with Crippen LogP contribution in [0.1, 0.15) is 34.1 Å². The zero-order chi connectivity index (χ0) is 19.1. The highest BCUT2D eigenvalue weighted by atomic mass is 16.5. The van der Waals surface area contributed by atoms with Gasteiger partial charge in [0, 0.05) is 6.54 Å². The van der Waals surface area contributed by atoms with Crippen LogP contribution in [0.15, 0.2) is 60.8 Å². The molecule has 1 aromatic heterocycles. The first-order valence-corrected chi connectivity index (χ1v) is 9.21. The third kappa shape index (κ3) is 4.76. The van der Waals surface area contributed by atoms with Gasteiger partial charge in [0.2, 0.25) is 0 Å². The molecule has 5 nitrogen and oxygen atoms in total. The van der Waals surface area contributed by atoms with Crippen LogP contribution in [0.5, 0.6) is 5.75 Å². The van der Waals surface area contributed by atoms with Gasteiger partial charge in [0.05, 0.1) is 31.1 Å². The molecule has 1 N–H and O–H groups in total. The number of methoxy groups -OCH3 is 1. The predicted molar refractivity (Wildman–Crippen MR) is 106 cm³/mol. The third-order valence-electron chi connectivity index (χ3n) is 4.54. The summed E-state index contributed by atoms with van der Waals surface area (Å²) < 4.78 is 7.14. The second kappa shape index (κ2) is 9.03.